The van der Waals surface area contributed by atoms with E-state index in [4.69, 9.17) is 17.2 Å². The van der Waals surface area contributed by atoms with Gasteiger partial charge in [0.25, 0.3) is 0 Å². The minimum absolute atomic E-state index is 0.0142. The molecule has 9 amide bonds. The molecule has 0 bridgehead atoms. The summed E-state index contributed by atoms with van der Waals surface area (Å²) < 4.78 is 0. The molecule has 25 nitrogen and oxygen atoms in total. The summed E-state index contributed by atoms with van der Waals surface area (Å²) in [6.07, 6.45) is 3.31. The summed E-state index contributed by atoms with van der Waals surface area (Å²) in [6.45, 7) is 12.9. The number of likely N-dealkylation sites (tertiary alicyclic amines) is 1. The van der Waals surface area contributed by atoms with Gasteiger partial charge in [-0.3, -0.25) is 52.9 Å². The van der Waals surface area contributed by atoms with Gasteiger partial charge in [0.05, 0.1) is 12.5 Å². The summed E-state index contributed by atoms with van der Waals surface area (Å²) in [5.41, 5.74) is 17.3. The standard InChI is InChI=1S/C57H97N13O12/c1-11-13-14-15-19-24-46(72)62-41(30-37-21-17-16-18-22-37)52(78)64-40(25-27-68(8)9)50(76)66-43(28-34(3)4)55(81)70-33-38(71)31-45(70)56(82)69(10)44(29-35(5)6)54(80)65-42(32-47(73)74)53(79)63-39(23-20-26-61-57(59)60)51(77)67-48(49(58)75)36(7)12-2/h16-18,21-22,34-36,38-45,48,71H,11-15,19-20,23-33H2,1-10H3,(H2,58,75)(H,62,72)(H,63,79)(H,64,78)(H,65,80)(H,66,76)(H,67,77)(H,73,74)(H4,59,60,61)/t36-,38+,39-,40+,41-,42-,43-,44-,45-,48-/m0/s1. The van der Waals surface area contributed by atoms with Gasteiger partial charge in [0.15, 0.2) is 5.96 Å². The van der Waals surface area contributed by atoms with Gasteiger partial charge in [-0.15, -0.1) is 0 Å². The second-order valence-electron chi connectivity index (χ2n) is 22.8. The van der Waals surface area contributed by atoms with Gasteiger partial charge in [-0.1, -0.05) is 111 Å². The number of nitrogens with zero attached hydrogens (tertiary/aromatic N) is 4. The van der Waals surface area contributed by atoms with Gasteiger partial charge in [-0.25, -0.2) is 0 Å². The lowest BCUT2D eigenvalue weighted by molar-refractivity contribution is -0.149. The third kappa shape index (κ3) is 25.5. The van der Waals surface area contributed by atoms with Crippen LogP contribution < -0.4 is 49.1 Å². The number of aliphatic imine (C=N–C) groups is 1. The van der Waals surface area contributed by atoms with Gasteiger partial charge < -0.3 is 74.0 Å². The second-order valence-corrected chi connectivity index (χ2v) is 22.8. The van der Waals surface area contributed by atoms with E-state index in [1.54, 1.807) is 41.8 Å². The van der Waals surface area contributed by atoms with E-state index in [0.717, 1.165) is 41.0 Å². The summed E-state index contributed by atoms with van der Waals surface area (Å²) in [7, 11) is 4.91. The number of amides is 9. The van der Waals surface area contributed by atoms with Crippen LogP contribution in [0.2, 0.25) is 0 Å². The third-order valence-electron chi connectivity index (χ3n) is 14.3. The van der Waals surface area contributed by atoms with Crippen LogP contribution in [0, 0.1) is 17.8 Å². The molecular weight excluding hydrogens is 1060 g/mol. The third-order valence-corrected chi connectivity index (χ3v) is 14.3. The van der Waals surface area contributed by atoms with Crippen molar-refractivity contribution in [3.05, 3.63) is 35.9 Å². The van der Waals surface area contributed by atoms with Gasteiger partial charge in [0.1, 0.15) is 48.3 Å². The second kappa shape index (κ2) is 36.5. The SMILES string of the molecule is CCCCCCCC(=O)N[C@@H](Cc1ccccc1)C(=O)N[C@H](CCN(C)C)C(=O)N[C@@H](CC(C)C)C(=O)N1C[C@H](O)C[C@H]1C(=O)N(C)[C@@H](CC(C)C)C(=O)N[C@@H](CC(=O)O)C(=O)N[C@@H](CCCN=C(N)N)C(=O)N[C@H](C(N)=O)[C@@H](C)CC. The normalized spacial score (nSPS) is 17.0. The van der Waals surface area contributed by atoms with E-state index in [1.165, 1.54) is 7.05 Å². The first-order valence-electron chi connectivity index (χ1n) is 28.9. The fourth-order valence-electron chi connectivity index (χ4n) is 9.56. The van der Waals surface area contributed by atoms with Crippen LogP contribution >= 0.6 is 0 Å². The Kier molecular flexibility index (Phi) is 31.7. The van der Waals surface area contributed by atoms with Crippen LogP contribution in [-0.4, -0.2) is 185 Å². The molecule has 10 atom stereocenters. The molecule has 0 unspecified atom stereocenters. The number of guanidine groups is 1. The molecule has 2 rings (SSSR count). The predicted molar refractivity (Wildman–Crippen MR) is 311 cm³/mol. The lowest BCUT2D eigenvalue weighted by atomic mass is 9.97. The lowest BCUT2D eigenvalue weighted by Gasteiger charge is -2.35. The number of hydrogen-bond acceptors (Lipinski definition) is 13. The Labute approximate surface area is 484 Å². The molecule has 1 fully saturated rings. The Hall–Kier alpha value is -6.89. The minimum Gasteiger partial charge on any atom is -0.481 e. The topological polar surface area (TPSA) is 383 Å². The maximum atomic E-state index is 14.8. The highest BCUT2D eigenvalue weighted by molar-refractivity contribution is 5.99. The van der Waals surface area contributed by atoms with Gasteiger partial charge in [0.2, 0.25) is 53.2 Å². The smallest absolute Gasteiger partial charge is 0.305 e. The molecule has 0 saturated carbocycles. The summed E-state index contributed by atoms with van der Waals surface area (Å²) in [5, 5.41) is 37.1. The van der Waals surface area contributed by atoms with Crippen molar-refractivity contribution in [1.82, 2.24) is 46.6 Å². The number of carboxylic acid groups (broad SMARTS) is 1. The van der Waals surface area contributed by atoms with Crippen LogP contribution in [0.25, 0.3) is 0 Å². The van der Waals surface area contributed by atoms with Crippen molar-refractivity contribution < 1.29 is 58.2 Å². The van der Waals surface area contributed by atoms with Crippen molar-refractivity contribution in [2.75, 3.05) is 40.8 Å². The summed E-state index contributed by atoms with van der Waals surface area (Å²) in [4.78, 5) is 146. The molecule has 0 aliphatic carbocycles. The van der Waals surface area contributed by atoms with E-state index in [1.807, 2.05) is 49.1 Å². The zero-order valence-electron chi connectivity index (χ0n) is 50.0. The first kappa shape index (κ1) is 71.2. The number of β-amino-alcohol motifs (C(OH)–C–C–N with tert-alkyl or cyclic N) is 1. The average Bonchev–Trinajstić information content (AvgIpc) is 4.04. The van der Waals surface area contributed by atoms with Crippen molar-refractivity contribution >= 4 is 65.1 Å². The van der Waals surface area contributed by atoms with E-state index in [2.05, 4.69) is 43.8 Å². The maximum absolute atomic E-state index is 14.8. The van der Waals surface area contributed by atoms with Crippen LogP contribution in [0.5, 0.6) is 0 Å². The molecule has 1 aromatic carbocycles. The number of unbranched alkanes of at least 4 members (excludes halogenated alkanes) is 4. The molecule has 14 N–H and O–H groups in total. The number of primary amides is 1. The zero-order chi connectivity index (χ0) is 61.8. The molecule has 0 radical (unpaired) electrons. The molecule has 0 aromatic heterocycles. The number of aliphatic hydroxyl groups is 1. The number of carbonyl (C=O) groups excluding carboxylic acids is 9. The van der Waals surface area contributed by atoms with E-state index in [0.29, 0.717) is 19.4 Å². The largest absolute Gasteiger partial charge is 0.481 e. The Balaban J connectivity index is 2.48. The number of rotatable bonds is 38. The molecular formula is C57H97N13O12. The van der Waals surface area contributed by atoms with Crippen LogP contribution in [0.1, 0.15) is 144 Å². The van der Waals surface area contributed by atoms with E-state index >= 15 is 0 Å². The van der Waals surface area contributed by atoms with Gasteiger partial charge in [0, 0.05) is 39.4 Å². The van der Waals surface area contributed by atoms with Gasteiger partial charge in [-0.2, -0.15) is 0 Å². The number of likely N-dealkylation sites (N-methyl/N-ethyl adjacent to an activating group) is 1. The molecule has 25 heteroatoms. The fraction of sp³-hybridized carbons (Fsp3) is 0.702. The van der Waals surface area contributed by atoms with Crippen LogP contribution in [0.3, 0.4) is 0 Å². The van der Waals surface area contributed by atoms with E-state index in [-0.39, 0.29) is 88.2 Å². The van der Waals surface area contributed by atoms with Crippen molar-refractivity contribution in [3.8, 4) is 0 Å². The van der Waals surface area contributed by atoms with Crippen molar-refractivity contribution in [3.63, 3.8) is 0 Å². The van der Waals surface area contributed by atoms with Crippen molar-refractivity contribution in [2.24, 2.45) is 39.9 Å². The predicted octanol–water partition coefficient (Wildman–Crippen LogP) is 0.391. The molecule has 1 aliphatic heterocycles. The maximum Gasteiger partial charge on any atom is 0.305 e. The molecule has 1 aromatic rings. The highest BCUT2D eigenvalue weighted by Crippen LogP contribution is 2.25. The first-order valence-corrected chi connectivity index (χ1v) is 28.9. The molecule has 0 spiro atoms. The minimum atomic E-state index is -1.80. The number of nitrogens with two attached hydrogens (primary N) is 3. The molecule has 82 heavy (non-hydrogen) atoms. The number of carboxylic acids is 1. The Bertz CT molecular complexity index is 2280. The summed E-state index contributed by atoms with van der Waals surface area (Å²) in [5.74, 6) is -9.29. The van der Waals surface area contributed by atoms with Gasteiger partial charge >= 0.3 is 5.97 Å². The first-order chi connectivity index (χ1) is 38.6. The Morgan fingerprint density at radius 2 is 1.24 bits per heavy atom. The zero-order valence-corrected chi connectivity index (χ0v) is 50.0. The number of carbonyl (C=O) groups is 10. The molecule has 1 aliphatic rings. The van der Waals surface area contributed by atoms with Crippen molar-refractivity contribution in [2.45, 2.75) is 199 Å². The highest BCUT2D eigenvalue weighted by atomic mass is 16.4. The number of hydrogen-bond donors (Lipinski definition) is 11. The van der Waals surface area contributed by atoms with E-state index in [9.17, 15) is 58.2 Å². The van der Waals surface area contributed by atoms with Crippen LogP contribution in [-0.2, 0) is 54.4 Å². The number of nitrogens with one attached hydrogen (secondary N) is 6. The summed E-state index contributed by atoms with van der Waals surface area (Å²) >= 11 is 0. The highest BCUT2D eigenvalue weighted by Gasteiger charge is 2.45. The van der Waals surface area contributed by atoms with Gasteiger partial charge in [-0.05, 0) is 82.5 Å². The van der Waals surface area contributed by atoms with E-state index < -0.39 is 120 Å². The number of aliphatic carboxylic acids is 1. The average molecular weight is 1160 g/mol. The lowest BCUT2D eigenvalue weighted by Crippen LogP contribution is -2.61. The molecule has 1 heterocycles. The molecule has 462 valence electrons. The number of aliphatic hydroxyl groups excluding tert-OH is 1. The molecule has 1 saturated heterocycles. The monoisotopic (exact) mass is 1160 g/mol. The Morgan fingerprint density at radius 3 is 1.80 bits per heavy atom. The Morgan fingerprint density at radius 1 is 0.683 bits per heavy atom. The van der Waals surface area contributed by atoms with Crippen molar-refractivity contribution in [1.29, 1.82) is 0 Å². The fourth-order valence-corrected chi connectivity index (χ4v) is 9.56. The van der Waals surface area contributed by atoms with Crippen LogP contribution in [0.4, 0.5) is 0 Å². The quantitative estimate of drug-likeness (QED) is 0.0242. The summed E-state index contributed by atoms with van der Waals surface area (Å²) in [6, 6.07) is -1.35. The van der Waals surface area contributed by atoms with Crippen LogP contribution in [0.15, 0.2) is 35.3 Å². The number of benzene rings is 1.